The Morgan fingerprint density at radius 1 is 1.13 bits per heavy atom. The van der Waals surface area contributed by atoms with Gasteiger partial charge in [-0.3, -0.25) is 10.2 Å². The number of hydrogen-bond acceptors (Lipinski definition) is 4. The van der Waals surface area contributed by atoms with Crippen molar-refractivity contribution >= 4 is 23.5 Å². The van der Waals surface area contributed by atoms with Crippen LogP contribution in [0.3, 0.4) is 0 Å². The molecule has 30 heavy (non-hydrogen) atoms. The fraction of sp³-hybridized carbons (Fsp3) is 0.263. The first-order valence-electron chi connectivity index (χ1n) is 8.54. The number of nitrogens with one attached hydrogen (secondary N) is 1. The lowest BCUT2D eigenvalue weighted by Gasteiger charge is -2.23. The van der Waals surface area contributed by atoms with Crippen LogP contribution in [0.5, 0.6) is 5.75 Å². The Bertz CT molecular complexity index is 928. The first-order chi connectivity index (χ1) is 14.1. The van der Waals surface area contributed by atoms with Gasteiger partial charge in [-0.25, -0.2) is 22.0 Å². The van der Waals surface area contributed by atoms with Crippen molar-refractivity contribution in [3.8, 4) is 5.75 Å². The molecule has 0 aliphatic rings. The van der Waals surface area contributed by atoms with Crippen LogP contribution >= 0.6 is 11.8 Å². The smallest absolute Gasteiger partial charge is 0.271 e. The Hall–Kier alpha value is -2.85. The summed E-state index contributed by atoms with van der Waals surface area (Å²) in [6.07, 6.45) is -1.80. The van der Waals surface area contributed by atoms with Crippen molar-refractivity contribution < 1.29 is 31.8 Å². The zero-order chi connectivity index (χ0) is 22.6. The summed E-state index contributed by atoms with van der Waals surface area (Å²) < 4.78 is 67.5. The summed E-state index contributed by atoms with van der Waals surface area (Å²) in [5, 5.41) is 7.23. The van der Waals surface area contributed by atoms with Crippen LogP contribution in [0.1, 0.15) is 29.7 Å². The summed E-state index contributed by atoms with van der Waals surface area (Å²) in [6, 6.07) is 3.32. The molecule has 0 aromatic heterocycles. The molecule has 0 spiro atoms. The number of hydrogen-bond donors (Lipinski definition) is 2. The van der Waals surface area contributed by atoms with Crippen molar-refractivity contribution in [3.05, 3.63) is 64.2 Å². The molecule has 1 unspecified atom stereocenters. The SMILES string of the molecule is CCOC(C(=O)N(Cl)Cc1c(F)cc(C(=N)N)cc1F)c1c(F)cc(OC)cc1F. The molecule has 0 fully saturated rings. The zero-order valence-corrected chi connectivity index (χ0v) is 16.7. The molecule has 0 bridgehead atoms. The third kappa shape index (κ3) is 5.00. The largest absolute Gasteiger partial charge is 0.497 e. The number of benzene rings is 2. The summed E-state index contributed by atoms with van der Waals surface area (Å²) >= 11 is 5.89. The van der Waals surface area contributed by atoms with E-state index in [0.717, 1.165) is 24.3 Å². The summed E-state index contributed by atoms with van der Waals surface area (Å²) in [7, 11) is 1.21. The summed E-state index contributed by atoms with van der Waals surface area (Å²) in [5.41, 5.74) is 3.68. The normalized spacial score (nSPS) is 11.8. The number of amides is 1. The highest BCUT2D eigenvalue weighted by atomic mass is 35.5. The van der Waals surface area contributed by atoms with E-state index in [-0.39, 0.29) is 17.9 Å². The maximum atomic E-state index is 14.4. The van der Waals surface area contributed by atoms with Gasteiger partial charge < -0.3 is 15.2 Å². The molecule has 2 rings (SSSR count). The quantitative estimate of drug-likeness (QED) is 0.279. The third-order valence-corrected chi connectivity index (χ3v) is 4.38. The number of nitrogens with two attached hydrogens (primary N) is 1. The van der Waals surface area contributed by atoms with E-state index in [4.69, 9.17) is 32.4 Å². The standard InChI is InChI=1S/C19H18ClF4N3O3/c1-3-30-17(16-14(23)6-10(29-2)7-15(16)24)19(28)27(20)8-11-12(21)4-9(18(25)26)5-13(11)22/h4-7,17H,3,8H2,1-2H3,(H3,25,26). The Labute approximate surface area is 174 Å². The second kappa shape index (κ2) is 9.77. The van der Waals surface area contributed by atoms with E-state index in [1.165, 1.54) is 14.0 Å². The molecule has 1 amide bonds. The predicted octanol–water partition coefficient (Wildman–Crippen LogP) is 3.80. The Morgan fingerprint density at radius 3 is 2.10 bits per heavy atom. The molecule has 3 N–H and O–H groups in total. The molecular weight excluding hydrogens is 430 g/mol. The van der Waals surface area contributed by atoms with E-state index in [9.17, 15) is 22.4 Å². The van der Waals surface area contributed by atoms with Gasteiger partial charge >= 0.3 is 0 Å². The molecule has 2 aromatic rings. The highest BCUT2D eigenvalue weighted by Crippen LogP contribution is 2.31. The number of rotatable bonds is 8. The topological polar surface area (TPSA) is 88.6 Å². The molecule has 11 heteroatoms. The number of halogens is 5. The van der Waals surface area contributed by atoms with E-state index < -0.39 is 58.8 Å². The van der Waals surface area contributed by atoms with Crippen LogP contribution in [0, 0.1) is 28.7 Å². The van der Waals surface area contributed by atoms with Crippen molar-refractivity contribution in [2.24, 2.45) is 5.73 Å². The first-order valence-corrected chi connectivity index (χ1v) is 8.88. The highest BCUT2D eigenvalue weighted by Gasteiger charge is 2.32. The van der Waals surface area contributed by atoms with Gasteiger partial charge in [0.15, 0.2) is 6.10 Å². The van der Waals surface area contributed by atoms with Gasteiger partial charge in [-0.1, -0.05) is 0 Å². The molecule has 0 saturated carbocycles. The van der Waals surface area contributed by atoms with Crippen LogP contribution in [0.2, 0.25) is 0 Å². The highest BCUT2D eigenvalue weighted by molar-refractivity contribution is 6.21. The molecule has 1 atom stereocenters. The van der Waals surface area contributed by atoms with Gasteiger partial charge in [0.05, 0.1) is 19.2 Å². The monoisotopic (exact) mass is 447 g/mol. The Balaban J connectivity index is 2.36. The Kier molecular flexibility index (Phi) is 7.63. The van der Waals surface area contributed by atoms with Crippen LogP contribution in [-0.2, 0) is 16.1 Å². The lowest BCUT2D eigenvalue weighted by Crippen LogP contribution is -2.31. The van der Waals surface area contributed by atoms with Crippen molar-refractivity contribution in [2.45, 2.75) is 19.6 Å². The minimum Gasteiger partial charge on any atom is -0.497 e. The number of nitrogens with zero attached hydrogens (tertiary/aromatic N) is 1. The number of methoxy groups -OCH3 is 1. The molecule has 0 aliphatic heterocycles. The molecule has 6 nitrogen and oxygen atoms in total. The maximum Gasteiger partial charge on any atom is 0.271 e. The lowest BCUT2D eigenvalue weighted by molar-refractivity contribution is -0.139. The summed E-state index contributed by atoms with van der Waals surface area (Å²) in [4.78, 5) is 12.7. The average Bonchev–Trinajstić information content (AvgIpc) is 2.68. The van der Waals surface area contributed by atoms with E-state index >= 15 is 0 Å². The van der Waals surface area contributed by atoms with Crippen molar-refractivity contribution in [1.29, 1.82) is 5.41 Å². The fourth-order valence-electron chi connectivity index (χ4n) is 2.63. The second-order valence-electron chi connectivity index (χ2n) is 6.03. The van der Waals surface area contributed by atoms with E-state index in [1.54, 1.807) is 0 Å². The van der Waals surface area contributed by atoms with Gasteiger partial charge in [0.1, 0.15) is 34.9 Å². The average molecular weight is 448 g/mol. The van der Waals surface area contributed by atoms with Gasteiger partial charge in [-0.15, -0.1) is 0 Å². The zero-order valence-electron chi connectivity index (χ0n) is 15.9. The Morgan fingerprint density at radius 2 is 1.67 bits per heavy atom. The summed E-state index contributed by atoms with van der Waals surface area (Å²) in [6.45, 7) is 0.597. The number of nitrogen functional groups attached to an aromatic ring is 1. The third-order valence-electron chi connectivity index (χ3n) is 4.10. The van der Waals surface area contributed by atoms with Gasteiger partial charge in [0.2, 0.25) is 0 Å². The van der Waals surface area contributed by atoms with Crippen molar-refractivity contribution in [3.63, 3.8) is 0 Å². The van der Waals surface area contributed by atoms with Crippen molar-refractivity contribution in [1.82, 2.24) is 4.42 Å². The van der Waals surface area contributed by atoms with Gasteiger partial charge in [-0.2, -0.15) is 0 Å². The van der Waals surface area contributed by atoms with Gasteiger partial charge in [0, 0.05) is 41.6 Å². The predicted molar refractivity (Wildman–Crippen MR) is 101 cm³/mol. The van der Waals surface area contributed by atoms with Crippen LogP contribution < -0.4 is 10.5 Å². The minimum atomic E-state index is -1.80. The van der Waals surface area contributed by atoms with Gasteiger partial charge in [-0.05, 0) is 19.1 Å². The van der Waals surface area contributed by atoms with E-state index in [1.807, 2.05) is 0 Å². The molecule has 2 aromatic carbocycles. The number of ether oxygens (including phenoxy) is 2. The van der Waals surface area contributed by atoms with Crippen LogP contribution in [0.15, 0.2) is 24.3 Å². The summed E-state index contributed by atoms with van der Waals surface area (Å²) in [5.74, 6) is -6.26. The minimum absolute atomic E-state index is 0.109. The van der Waals surface area contributed by atoms with Crippen LogP contribution in [0.4, 0.5) is 17.6 Å². The number of carbonyl (C=O) groups is 1. The van der Waals surface area contributed by atoms with Gasteiger partial charge in [0.25, 0.3) is 5.91 Å². The van der Waals surface area contributed by atoms with Crippen molar-refractivity contribution in [2.75, 3.05) is 13.7 Å². The number of amidine groups is 1. The van der Waals surface area contributed by atoms with Crippen LogP contribution in [-0.4, -0.2) is 29.9 Å². The maximum absolute atomic E-state index is 14.4. The van der Waals surface area contributed by atoms with E-state index in [0.29, 0.717) is 4.42 Å². The first kappa shape index (κ1) is 23.4. The molecular formula is C19H18ClF4N3O3. The fourth-order valence-corrected chi connectivity index (χ4v) is 2.84. The van der Waals surface area contributed by atoms with E-state index in [2.05, 4.69) is 0 Å². The number of carbonyl (C=O) groups excluding carboxylic acids is 1. The van der Waals surface area contributed by atoms with Crippen LogP contribution in [0.25, 0.3) is 0 Å². The molecule has 0 radical (unpaired) electrons. The molecule has 0 heterocycles. The molecule has 0 aliphatic carbocycles. The second-order valence-corrected chi connectivity index (χ2v) is 6.44. The molecule has 0 saturated heterocycles. The molecule has 162 valence electrons. The lowest BCUT2D eigenvalue weighted by atomic mass is 10.1.